The second kappa shape index (κ2) is 11.4. The molecule has 28 heavy (non-hydrogen) atoms. The van der Waals surface area contributed by atoms with Crippen molar-refractivity contribution < 1.29 is 39.5 Å². The second-order valence-corrected chi connectivity index (χ2v) is 6.61. The smallest absolute Gasteiger partial charge is 0.336 e. The topological polar surface area (TPSA) is 153 Å². The predicted molar refractivity (Wildman–Crippen MR) is 99.1 cm³/mol. The summed E-state index contributed by atoms with van der Waals surface area (Å²) in [5.74, 6) is -5.02. The zero-order valence-corrected chi connectivity index (χ0v) is 15.7. The van der Waals surface area contributed by atoms with Crippen LogP contribution in [0.4, 0.5) is 0 Å². The summed E-state index contributed by atoms with van der Waals surface area (Å²) in [5, 5.41) is 37.2. The van der Waals surface area contributed by atoms with E-state index in [1.54, 1.807) is 0 Å². The van der Waals surface area contributed by atoms with Crippen LogP contribution in [0.15, 0.2) is 30.3 Å². The quantitative estimate of drug-likeness (QED) is 0.406. The molecule has 1 aliphatic rings. The van der Waals surface area contributed by atoms with Gasteiger partial charge in [0.2, 0.25) is 0 Å². The van der Waals surface area contributed by atoms with Gasteiger partial charge in [0, 0.05) is 12.6 Å². The molecule has 1 aromatic carbocycles. The average molecular weight is 397 g/mol. The minimum atomic E-state index is -2.74. The lowest BCUT2D eigenvalue weighted by molar-refractivity contribution is -0.170. The van der Waals surface area contributed by atoms with Crippen molar-refractivity contribution in [3.63, 3.8) is 0 Å². The van der Waals surface area contributed by atoms with Gasteiger partial charge in [0.05, 0.1) is 18.9 Å². The molecule has 0 bridgehead atoms. The second-order valence-electron chi connectivity index (χ2n) is 6.61. The molecule has 1 aromatic rings. The molecule has 2 rings (SSSR count). The van der Waals surface area contributed by atoms with Gasteiger partial charge in [0.1, 0.15) is 0 Å². The van der Waals surface area contributed by atoms with Crippen molar-refractivity contribution >= 4 is 17.9 Å². The molecule has 1 aliphatic heterocycles. The molecule has 0 saturated carbocycles. The Bertz CT molecular complexity index is 627. The molecule has 2 unspecified atom stereocenters. The van der Waals surface area contributed by atoms with E-state index in [0.29, 0.717) is 12.1 Å². The van der Waals surface area contributed by atoms with Crippen molar-refractivity contribution in [2.24, 2.45) is 0 Å². The molecule has 5 N–H and O–H groups in total. The Morgan fingerprint density at radius 3 is 2.11 bits per heavy atom. The van der Waals surface area contributed by atoms with Crippen molar-refractivity contribution in [1.29, 1.82) is 0 Å². The Balaban J connectivity index is 0.000000284. The van der Waals surface area contributed by atoms with Crippen molar-refractivity contribution in [1.82, 2.24) is 5.32 Å². The van der Waals surface area contributed by atoms with Crippen LogP contribution < -0.4 is 5.32 Å². The molecule has 0 spiro atoms. The molecule has 0 aromatic heterocycles. The molecule has 1 saturated heterocycles. The Morgan fingerprint density at radius 1 is 1.14 bits per heavy atom. The molecule has 156 valence electrons. The fraction of sp³-hybridized carbons (Fsp3) is 0.526. The summed E-state index contributed by atoms with van der Waals surface area (Å²) in [5.41, 5.74) is -1.36. The number of ether oxygens (including phenoxy) is 1. The molecule has 0 radical (unpaired) electrons. The first-order valence-electron chi connectivity index (χ1n) is 8.90. The van der Waals surface area contributed by atoms with Gasteiger partial charge in [-0.2, -0.15) is 0 Å². The van der Waals surface area contributed by atoms with Crippen LogP contribution in [-0.4, -0.2) is 69.7 Å². The van der Waals surface area contributed by atoms with E-state index in [-0.39, 0.29) is 0 Å². The van der Waals surface area contributed by atoms with Gasteiger partial charge in [-0.05, 0) is 31.9 Å². The lowest BCUT2D eigenvalue weighted by atomic mass is 9.96. The number of nitrogens with one attached hydrogen (secondary N) is 1. The number of carboxylic acid groups (broad SMARTS) is 3. The van der Waals surface area contributed by atoms with Gasteiger partial charge in [0.25, 0.3) is 0 Å². The van der Waals surface area contributed by atoms with E-state index < -0.39 is 36.4 Å². The van der Waals surface area contributed by atoms with E-state index >= 15 is 0 Å². The maximum atomic E-state index is 10.3. The van der Waals surface area contributed by atoms with Gasteiger partial charge >= 0.3 is 17.9 Å². The molecular formula is C19H27NO8. The predicted octanol–water partition coefficient (Wildman–Crippen LogP) is 0.748. The normalized spacial score (nSPS) is 17.3. The number of aliphatic carboxylic acids is 3. The molecule has 0 amide bonds. The average Bonchev–Trinajstić information content (AvgIpc) is 3.14. The van der Waals surface area contributed by atoms with E-state index in [4.69, 9.17) is 25.2 Å². The zero-order chi connectivity index (χ0) is 21.2. The number of aliphatic hydroxyl groups is 1. The van der Waals surface area contributed by atoms with Crippen LogP contribution in [-0.2, 0) is 25.5 Å². The maximum absolute atomic E-state index is 10.3. The van der Waals surface area contributed by atoms with E-state index in [1.165, 1.54) is 18.4 Å². The third-order valence-corrected chi connectivity index (χ3v) is 4.37. The van der Waals surface area contributed by atoms with Gasteiger partial charge in [-0.1, -0.05) is 30.3 Å². The van der Waals surface area contributed by atoms with Gasteiger partial charge in [0.15, 0.2) is 5.60 Å². The zero-order valence-electron chi connectivity index (χ0n) is 15.7. The third-order valence-electron chi connectivity index (χ3n) is 4.37. The first-order chi connectivity index (χ1) is 13.2. The van der Waals surface area contributed by atoms with Gasteiger partial charge in [-0.3, -0.25) is 9.59 Å². The number of likely N-dealkylation sites (N-methyl/N-ethyl adjacent to an activating group) is 1. The fourth-order valence-corrected chi connectivity index (χ4v) is 2.92. The van der Waals surface area contributed by atoms with Crippen LogP contribution in [0.3, 0.4) is 0 Å². The molecule has 1 heterocycles. The SMILES string of the molecule is CNC(Cc1ccccc1)C1CCCO1.O=C(O)CC(O)(CC(=O)O)C(=O)O. The van der Waals surface area contributed by atoms with Crippen molar-refractivity contribution in [2.45, 2.75) is 49.9 Å². The summed E-state index contributed by atoms with van der Waals surface area (Å²) >= 11 is 0. The number of hydrogen-bond donors (Lipinski definition) is 5. The standard InChI is InChI=1S/C13H19NO.C6H8O7/c1-14-12(13-8-5-9-15-13)10-11-6-3-2-4-7-11;7-3(8)1-6(13,5(11)12)2-4(9)10/h2-4,6-7,12-14H,5,8-10H2,1H3;13H,1-2H2,(H,7,8)(H,9,10)(H,11,12). The molecular weight excluding hydrogens is 370 g/mol. The highest BCUT2D eigenvalue weighted by Crippen LogP contribution is 2.18. The first-order valence-corrected chi connectivity index (χ1v) is 8.90. The van der Waals surface area contributed by atoms with Crippen molar-refractivity contribution in [3.8, 4) is 0 Å². The number of hydrogen-bond acceptors (Lipinski definition) is 6. The molecule has 0 aliphatic carbocycles. The minimum absolute atomic E-state index is 0.398. The molecule has 1 fully saturated rings. The molecule has 9 nitrogen and oxygen atoms in total. The van der Waals surface area contributed by atoms with E-state index in [1.807, 2.05) is 7.05 Å². The van der Waals surface area contributed by atoms with Crippen LogP contribution in [0.5, 0.6) is 0 Å². The van der Waals surface area contributed by atoms with Crippen LogP contribution >= 0.6 is 0 Å². The van der Waals surface area contributed by atoms with E-state index in [9.17, 15) is 14.4 Å². The largest absolute Gasteiger partial charge is 0.481 e. The van der Waals surface area contributed by atoms with Crippen LogP contribution in [0.25, 0.3) is 0 Å². The third kappa shape index (κ3) is 8.03. The number of carboxylic acids is 3. The van der Waals surface area contributed by atoms with Gasteiger partial charge in [-0.15, -0.1) is 0 Å². The number of benzene rings is 1. The van der Waals surface area contributed by atoms with Crippen LogP contribution in [0, 0.1) is 0 Å². The minimum Gasteiger partial charge on any atom is -0.481 e. The van der Waals surface area contributed by atoms with Crippen molar-refractivity contribution in [3.05, 3.63) is 35.9 Å². The highest BCUT2D eigenvalue weighted by molar-refractivity contribution is 5.88. The summed E-state index contributed by atoms with van der Waals surface area (Å²) in [6.07, 6.45) is 1.57. The molecule has 9 heteroatoms. The van der Waals surface area contributed by atoms with E-state index in [0.717, 1.165) is 13.0 Å². The summed E-state index contributed by atoms with van der Waals surface area (Å²) in [7, 11) is 2.02. The number of rotatable bonds is 9. The Labute approximate surface area is 163 Å². The highest BCUT2D eigenvalue weighted by atomic mass is 16.5. The first kappa shape index (κ1) is 23.5. The summed E-state index contributed by atoms with van der Waals surface area (Å²) < 4.78 is 5.72. The number of carbonyl (C=O) groups is 3. The highest BCUT2D eigenvalue weighted by Gasteiger charge is 2.40. The maximum Gasteiger partial charge on any atom is 0.336 e. The van der Waals surface area contributed by atoms with Crippen molar-refractivity contribution in [2.75, 3.05) is 13.7 Å². The fourth-order valence-electron chi connectivity index (χ4n) is 2.92. The summed E-state index contributed by atoms with van der Waals surface area (Å²) in [6.45, 7) is 0.928. The summed E-state index contributed by atoms with van der Waals surface area (Å²) in [4.78, 5) is 30.5. The van der Waals surface area contributed by atoms with Gasteiger partial charge < -0.3 is 30.5 Å². The van der Waals surface area contributed by atoms with Gasteiger partial charge in [-0.25, -0.2) is 4.79 Å². The Hall–Kier alpha value is -2.49. The van der Waals surface area contributed by atoms with Crippen LogP contribution in [0.2, 0.25) is 0 Å². The lowest BCUT2D eigenvalue weighted by Gasteiger charge is -2.22. The van der Waals surface area contributed by atoms with E-state index in [2.05, 4.69) is 35.6 Å². The molecule has 2 atom stereocenters. The monoisotopic (exact) mass is 397 g/mol. The lowest BCUT2D eigenvalue weighted by Crippen LogP contribution is -2.42. The Kier molecular flexibility index (Phi) is 9.57. The Morgan fingerprint density at radius 2 is 1.71 bits per heavy atom. The van der Waals surface area contributed by atoms with Crippen LogP contribution in [0.1, 0.15) is 31.2 Å². The summed E-state index contributed by atoms with van der Waals surface area (Å²) in [6, 6.07) is 11.1.